The zero-order valence-electron chi connectivity index (χ0n) is 14.8. The first-order valence-electron chi connectivity index (χ1n) is 8.70. The summed E-state index contributed by atoms with van der Waals surface area (Å²) in [6.07, 6.45) is 1.45. The van der Waals surface area contributed by atoms with Gasteiger partial charge < -0.3 is 25.5 Å². The average Bonchev–Trinajstić information content (AvgIpc) is 2.65. The molecule has 0 aromatic heterocycles. The Bertz CT molecular complexity index is 851. The lowest BCUT2D eigenvalue weighted by Crippen LogP contribution is -1.99. The Hall–Kier alpha value is -3.34. The Morgan fingerprint density at radius 2 is 0.704 bits per heavy atom. The summed E-state index contributed by atoms with van der Waals surface area (Å²) in [5.74, 6) is -0.575. The molecule has 3 aromatic carbocycles. The van der Waals surface area contributed by atoms with Gasteiger partial charge >= 0.3 is 0 Å². The first-order chi connectivity index (χ1) is 12.8. The van der Waals surface area contributed by atoms with Gasteiger partial charge in [-0.25, -0.2) is 0 Å². The summed E-state index contributed by atoms with van der Waals surface area (Å²) in [6, 6.07) is 9.81. The molecule has 5 nitrogen and oxygen atoms in total. The average molecular weight is 364 g/mol. The second-order valence-corrected chi connectivity index (χ2v) is 7.16. The van der Waals surface area contributed by atoms with Crippen LogP contribution in [0.25, 0.3) is 0 Å². The molecule has 5 heteroatoms. The molecule has 0 fully saturated rings. The zero-order chi connectivity index (χ0) is 19.3. The normalized spacial score (nSPS) is 12.9. The molecule has 4 rings (SSSR count). The predicted octanol–water partition coefficient (Wildman–Crippen LogP) is 3.61. The van der Waals surface area contributed by atoms with Crippen LogP contribution in [-0.2, 0) is 19.3 Å². The molecule has 1 aliphatic carbocycles. The summed E-state index contributed by atoms with van der Waals surface area (Å²) in [7, 11) is 0. The summed E-state index contributed by atoms with van der Waals surface area (Å²) < 4.78 is 0. The number of rotatable bonds is 0. The molecule has 0 aliphatic heterocycles. The number of hydrogen-bond acceptors (Lipinski definition) is 5. The van der Waals surface area contributed by atoms with Crippen molar-refractivity contribution in [2.24, 2.45) is 0 Å². The van der Waals surface area contributed by atoms with Gasteiger partial charge in [-0.3, -0.25) is 0 Å². The summed E-state index contributed by atoms with van der Waals surface area (Å²) in [6.45, 7) is 1.83. The van der Waals surface area contributed by atoms with Crippen molar-refractivity contribution in [2.75, 3.05) is 0 Å². The van der Waals surface area contributed by atoms with Crippen molar-refractivity contribution in [3.8, 4) is 28.7 Å². The minimum Gasteiger partial charge on any atom is -0.508 e. The number of aromatic hydroxyl groups is 5. The van der Waals surface area contributed by atoms with E-state index in [2.05, 4.69) is 0 Å². The van der Waals surface area contributed by atoms with Crippen LogP contribution in [0.15, 0.2) is 36.4 Å². The van der Waals surface area contributed by atoms with Crippen LogP contribution in [0.1, 0.15) is 38.9 Å². The van der Waals surface area contributed by atoms with Gasteiger partial charge in [0.25, 0.3) is 0 Å². The highest BCUT2D eigenvalue weighted by Crippen LogP contribution is 2.37. The van der Waals surface area contributed by atoms with Crippen molar-refractivity contribution in [1.82, 2.24) is 0 Å². The van der Waals surface area contributed by atoms with E-state index in [9.17, 15) is 25.5 Å². The second kappa shape index (κ2) is 6.13. The van der Waals surface area contributed by atoms with E-state index in [0.29, 0.717) is 19.3 Å². The molecule has 0 bridgehead atoms. The van der Waals surface area contributed by atoms with Crippen molar-refractivity contribution < 1.29 is 25.5 Å². The molecular formula is C22H20O5. The molecule has 1 aliphatic rings. The molecule has 0 spiro atoms. The van der Waals surface area contributed by atoms with Crippen molar-refractivity contribution in [2.45, 2.75) is 26.2 Å². The molecule has 0 unspecified atom stereocenters. The van der Waals surface area contributed by atoms with E-state index in [4.69, 9.17) is 0 Å². The first kappa shape index (κ1) is 17.1. The van der Waals surface area contributed by atoms with Crippen LogP contribution >= 0.6 is 0 Å². The van der Waals surface area contributed by atoms with E-state index in [1.54, 1.807) is 12.1 Å². The van der Waals surface area contributed by atoms with Crippen LogP contribution in [0.3, 0.4) is 0 Å². The fourth-order valence-corrected chi connectivity index (χ4v) is 3.73. The topological polar surface area (TPSA) is 101 Å². The Morgan fingerprint density at radius 1 is 0.444 bits per heavy atom. The molecular weight excluding hydrogens is 344 g/mol. The highest BCUT2D eigenvalue weighted by Gasteiger charge is 2.19. The van der Waals surface area contributed by atoms with Crippen molar-refractivity contribution in [1.29, 1.82) is 0 Å². The van der Waals surface area contributed by atoms with E-state index < -0.39 is 0 Å². The Labute approximate surface area is 156 Å². The fraction of sp³-hybridized carbons (Fsp3) is 0.182. The highest BCUT2D eigenvalue weighted by molar-refractivity contribution is 5.55. The van der Waals surface area contributed by atoms with Crippen LogP contribution in [0.5, 0.6) is 28.7 Å². The lowest BCUT2D eigenvalue weighted by atomic mass is 9.93. The van der Waals surface area contributed by atoms with Crippen LogP contribution in [-0.4, -0.2) is 25.5 Å². The van der Waals surface area contributed by atoms with Gasteiger partial charge in [0.2, 0.25) is 0 Å². The van der Waals surface area contributed by atoms with E-state index in [-0.39, 0.29) is 28.7 Å². The smallest absolute Gasteiger partial charge is 0.157 e. The van der Waals surface area contributed by atoms with E-state index >= 15 is 0 Å². The first-order valence-corrected chi connectivity index (χ1v) is 8.70. The third-order valence-corrected chi connectivity index (χ3v) is 5.25. The van der Waals surface area contributed by atoms with E-state index in [0.717, 1.165) is 38.9 Å². The summed E-state index contributed by atoms with van der Waals surface area (Å²) >= 11 is 0. The quantitative estimate of drug-likeness (QED) is 0.307. The molecule has 0 saturated carbocycles. The summed E-state index contributed by atoms with van der Waals surface area (Å²) in [4.78, 5) is 0. The van der Waals surface area contributed by atoms with Crippen LogP contribution in [0.2, 0.25) is 0 Å². The van der Waals surface area contributed by atoms with E-state index in [1.165, 1.54) is 18.2 Å². The molecule has 0 atom stereocenters. The number of benzene rings is 3. The minimum absolute atomic E-state index is 0.182. The number of phenolic OH excluding ortho intramolecular Hbond substituents is 5. The maximum absolute atomic E-state index is 10.2. The van der Waals surface area contributed by atoms with Crippen molar-refractivity contribution >= 4 is 0 Å². The summed E-state index contributed by atoms with van der Waals surface area (Å²) in [5.41, 5.74) is 5.99. The van der Waals surface area contributed by atoms with Gasteiger partial charge in [-0.05, 0) is 95.5 Å². The Morgan fingerprint density at radius 3 is 1.04 bits per heavy atom. The van der Waals surface area contributed by atoms with Gasteiger partial charge in [-0.1, -0.05) is 6.07 Å². The molecule has 0 radical (unpaired) electrons. The van der Waals surface area contributed by atoms with Gasteiger partial charge in [-0.15, -0.1) is 0 Å². The van der Waals surface area contributed by atoms with Crippen LogP contribution in [0, 0.1) is 6.92 Å². The maximum atomic E-state index is 10.2. The highest BCUT2D eigenvalue weighted by atomic mass is 16.3. The van der Waals surface area contributed by atoms with Crippen LogP contribution in [0.4, 0.5) is 0 Å². The second-order valence-electron chi connectivity index (χ2n) is 7.16. The largest absolute Gasteiger partial charge is 0.508 e. The molecule has 27 heavy (non-hydrogen) atoms. The lowest BCUT2D eigenvalue weighted by molar-refractivity contribution is 0.402. The van der Waals surface area contributed by atoms with Crippen LogP contribution < -0.4 is 0 Å². The molecule has 0 saturated heterocycles. The zero-order valence-corrected chi connectivity index (χ0v) is 14.8. The van der Waals surface area contributed by atoms with Gasteiger partial charge in [0.1, 0.15) is 5.75 Å². The lowest BCUT2D eigenvalue weighted by Gasteiger charge is -2.13. The number of hydrogen-bond donors (Lipinski definition) is 5. The Kier molecular flexibility index (Phi) is 3.88. The number of fused-ring (bicyclic) bond motifs is 3. The molecule has 0 amide bonds. The van der Waals surface area contributed by atoms with Gasteiger partial charge in [-0.2, -0.15) is 0 Å². The third-order valence-electron chi connectivity index (χ3n) is 5.25. The fourth-order valence-electron chi connectivity index (χ4n) is 3.73. The molecule has 0 heterocycles. The third kappa shape index (κ3) is 3.01. The van der Waals surface area contributed by atoms with Gasteiger partial charge in [0.15, 0.2) is 23.0 Å². The maximum Gasteiger partial charge on any atom is 0.157 e. The molecule has 5 N–H and O–H groups in total. The monoisotopic (exact) mass is 364 g/mol. The summed E-state index contributed by atoms with van der Waals surface area (Å²) in [5, 5.41) is 50.0. The Balaban J connectivity index is 2.00. The van der Waals surface area contributed by atoms with Gasteiger partial charge in [0.05, 0.1) is 0 Å². The number of phenols is 5. The van der Waals surface area contributed by atoms with Crippen molar-refractivity contribution in [3.05, 3.63) is 75.3 Å². The number of aryl methyl sites for hydroxylation is 1. The van der Waals surface area contributed by atoms with Crippen molar-refractivity contribution in [3.63, 3.8) is 0 Å². The van der Waals surface area contributed by atoms with Gasteiger partial charge in [0, 0.05) is 0 Å². The van der Waals surface area contributed by atoms with E-state index in [1.807, 2.05) is 13.0 Å². The predicted molar refractivity (Wildman–Crippen MR) is 101 cm³/mol. The standard InChI is InChI=1S/C22H20O5/c1-11-2-12-3-14-7-19(24)21(26)9-16(14)5-17-10-22(27)20(25)8-15(17)4-13(12)6-18(11)23/h2,6-10,23-27H,3-5H2,1H3. The minimum atomic E-state index is -0.204. The molecule has 138 valence electrons. The molecule has 3 aromatic rings. The SMILES string of the molecule is Cc1cc2c(cc1O)Cc1cc(O)c(O)cc1Cc1cc(O)c(O)cc1C2.